The number of nitrogens with zero attached hydrogens (tertiary/aromatic N) is 1. The van der Waals surface area contributed by atoms with E-state index in [4.69, 9.17) is 11.6 Å². The summed E-state index contributed by atoms with van der Waals surface area (Å²) in [6, 6.07) is 8.79. The lowest BCUT2D eigenvalue weighted by Gasteiger charge is -2.38. The summed E-state index contributed by atoms with van der Waals surface area (Å²) in [7, 11) is 2.21. The lowest BCUT2D eigenvalue weighted by atomic mass is 9.79. The number of nitrogens with one attached hydrogen (secondary N) is 1. The van der Waals surface area contributed by atoms with Gasteiger partial charge in [-0.2, -0.15) is 0 Å². The van der Waals surface area contributed by atoms with Crippen LogP contribution in [0, 0.1) is 0 Å². The van der Waals surface area contributed by atoms with Gasteiger partial charge in [-0.15, -0.1) is 0 Å². The van der Waals surface area contributed by atoms with Crippen molar-refractivity contribution >= 4 is 17.5 Å². The first-order chi connectivity index (χ1) is 12.5. The second-order valence-corrected chi connectivity index (χ2v) is 8.96. The lowest BCUT2D eigenvalue weighted by molar-refractivity contribution is -0.130. The normalized spacial score (nSPS) is 31.7. The van der Waals surface area contributed by atoms with Crippen molar-refractivity contribution in [3.8, 4) is 0 Å². The third kappa shape index (κ3) is 3.39. The van der Waals surface area contributed by atoms with Gasteiger partial charge in [-0.25, -0.2) is 0 Å². The number of rotatable bonds is 4. The smallest absolute Gasteiger partial charge is 0.230 e. The van der Waals surface area contributed by atoms with Gasteiger partial charge in [-0.05, 0) is 63.3 Å². The zero-order valence-corrected chi connectivity index (χ0v) is 16.2. The molecule has 2 saturated heterocycles. The van der Waals surface area contributed by atoms with Gasteiger partial charge in [-0.3, -0.25) is 4.79 Å². The second kappa shape index (κ2) is 7.14. The maximum Gasteiger partial charge on any atom is 0.230 e. The molecule has 1 aromatic rings. The summed E-state index contributed by atoms with van der Waals surface area (Å²) >= 11 is 6.03. The summed E-state index contributed by atoms with van der Waals surface area (Å²) < 4.78 is 0. The second-order valence-electron chi connectivity index (χ2n) is 8.52. The van der Waals surface area contributed by atoms with E-state index < -0.39 is 11.5 Å². The molecule has 0 radical (unpaired) electrons. The van der Waals surface area contributed by atoms with Gasteiger partial charge in [0.2, 0.25) is 5.91 Å². The molecular weight excluding hydrogens is 348 g/mol. The van der Waals surface area contributed by atoms with Crippen LogP contribution in [-0.4, -0.2) is 46.7 Å². The topological polar surface area (TPSA) is 52.6 Å². The van der Waals surface area contributed by atoms with Crippen LogP contribution in [-0.2, 0) is 4.79 Å². The Labute approximate surface area is 160 Å². The first-order valence-electron chi connectivity index (χ1n) is 9.96. The van der Waals surface area contributed by atoms with Crippen LogP contribution in [0.5, 0.6) is 0 Å². The van der Waals surface area contributed by atoms with E-state index in [9.17, 15) is 9.90 Å². The highest BCUT2D eigenvalue weighted by Crippen LogP contribution is 2.42. The molecule has 2 unspecified atom stereocenters. The van der Waals surface area contributed by atoms with Crippen LogP contribution in [0.3, 0.4) is 0 Å². The van der Waals surface area contributed by atoms with Crippen LogP contribution in [0.15, 0.2) is 24.3 Å². The third-order valence-electron chi connectivity index (χ3n) is 6.92. The Kier molecular flexibility index (Phi) is 5.02. The molecular formula is C21H29ClN2O2. The molecule has 2 bridgehead atoms. The monoisotopic (exact) mass is 376 g/mol. The summed E-state index contributed by atoms with van der Waals surface area (Å²) in [5, 5.41) is 15.2. The van der Waals surface area contributed by atoms with Gasteiger partial charge in [0, 0.05) is 23.1 Å². The minimum Gasteiger partial charge on any atom is -0.389 e. The van der Waals surface area contributed by atoms with E-state index in [1.54, 1.807) is 0 Å². The molecule has 0 aromatic heterocycles. The van der Waals surface area contributed by atoms with Crippen LogP contribution >= 0.6 is 11.6 Å². The molecule has 1 aliphatic carbocycles. The number of amides is 1. The van der Waals surface area contributed by atoms with Crippen LogP contribution < -0.4 is 5.32 Å². The molecule has 2 N–H and O–H groups in total. The number of fused-ring (bicyclic) bond motifs is 2. The largest absolute Gasteiger partial charge is 0.389 e. The highest BCUT2D eigenvalue weighted by Gasteiger charge is 2.46. The molecule has 5 heteroatoms. The minimum absolute atomic E-state index is 0.0225. The fourth-order valence-corrected chi connectivity index (χ4v) is 5.58. The highest BCUT2D eigenvalue weighted by atomic mass is 35.5. The minimum atomic E-state index is -0.942. The summed E-state index contributed by atoms with van der Waals surface area (Å²) in [5.74, 6) is -0.537. The van der Waals surface area contributed by atoms with Crippen LogP contribution in [0.1, 0.15) is 62.8 Å². The van der Waals surface area contributed by atoms with E-state index in [-0.39, 0.29) is 11.9 Å². The fraction of sp³-hybridized carbons (Fsp3) is 0.667. The molecule has 3 atom stereocenters. The number of halogens is 1. The number of piperidine rings is 1. The fourth-order valence-electron chi connectivity index (χ4n) is 5.45. The van der Waals surface area contributed by atoms with Crippen molar-refractivity contribution in [2.45, 2.75) is 81.0 Å². The summed E-state index contributed by atoms with van der Waals surface area (Å²) in [4.78, 5) is 15.8. The molecule has 1 aromatic carbocycles. The molecule has 4 nitrogen and oxygen atoms in total. The average Bonchev–Trinajstić information content (AvgIpc) is 3.10. The molecule has 1 saturated carbocycles. The van der Waals surface area contributed by atoms with Crippen molar-refractivity contribution < 1.29 is 9.90 Å². The Morgan fingerprint density at radius 2 is 1.77 bits per heavy atom. The molecule has 1 amide bonds. The molecule has 0 spiro atoms. The van der Waals surface area contributed by atoms with Crippen molar-refractivity contribution in [1.82, 2.24) is 10.2 Å². The zero-order chi connectivity index (χ0) is 18.3. The number of hydrogen-bond acceptors (Lipinski definition) is 3. The maximum absolute atomic E-state index is 13.3. The van der Waals surface area contributed by atoms with Crippen molar-refractivity contribution in [3.63, 3.8) is 0 Å². The van der Waals surface area contributed by atoms with Crippen molar-refractivity contribution in [3.05, 3.63) is 34.9 Å². The predicted molar refractivity (Wildman–Crippen MR) is 103 cm³/mol. The Bertz CT molecular complexity index is 642. The first kappa shape index (κ1) is 18.3. The Hall–Kier alpha value is -1.10. The van der Waals surface area contributed by atoms with Crippen LogP contribution in [0.4, 0.5) is 0 Å². The number of hydrogen-bond donors (Lipinski definition) is 2. The van der Waals surface area contributed by atoms with Crippen molar-refractivity contribution in [1.29, 1.82) is 0 Å². The molecule has 2 aliphatic heterocycles. The standard InChI is InChI=1S/C21H29ClN2O2/c1-24-17-8-9-18(24)13-16(12-17)23-20(25)19(21(26)10-2-3-11-21)14-4-6-15(22)7-5-14/h4-7,16-19,26H,2-3,8-13H2,1H3,(H,23,25)/t16?,17?,18?,19-/m1/s1. The van der Waals surface area contributed by atoms with E-state index >= 15 is 0 Å². The highest BCUT2D eigenvalue weighted by molar-refractivity contribution is 6.30. The van der Waals surface area contributed by atoms with E-state index in [1.165, 1.54) is 12.8 Å². The van der Waals surface area contributed by atoms with E-state index in [2.05, 4.69) is 17.3 Å². The molecule has 2 heterocycles. The molecule has 4 rings (SSSR count). The average molecular weight is 377 g/mol. The molecule has 142 valence electrons. The van der Waals surface area contributed by atoms with Gasteiger partial charge in [0.1, 0.15) is 0 Å². The number of aliphatic hydroxyl groups is 1. The Morgan fingerprint density at radius 3 is 2.35 bits per heavy atom. The van der Waals surface area contributed by atoms with Crippen molar-refractivity contribution in [2.24, 2.45) is 0 Å². The van der Waals surface area contributed by atoms with Gasteiger partial charge >= 0.3 is 0 Å². The van der Waals surface area contributed by atoms with E-state index in [1.807, 2.05) is 24.3 Å². The molecule has 26 heavy (non-hydrogen) atoms. The number of benzene rings is 1. The first-order valence-corrected chi connectivity index (χ1v) is 10.3. The lowest BCUT2D eigenvalue weighted by Crippen LogP contribution is -2.52. The quantitative estimate of drug-likeness (QED) is 0.846. The Balaban J connectivity index is 1.54. The summed E-state index contributed by atoms with van der Waals surface area (Å²) in [5.41, 5.74) is -0.0743. The van der Waals surface area contributed by atoms with E-state index in [0.717, 1.165) is 31.2 Å². The van der Waals surface area contributed by atoms with Gasteiger partial charge in [0.25, 0.3) is 0 Å². The molecule has 3 aliphatic rings. The van der Waals surface area contributed by atoms with Gasteiger partial charge < -0.3 is 15.3 Å². The van der Waals surface area contributed by atoms with Gasteiger partial charge in [-0.1, -0.05) is 36.6 Å². The van der Waals surface area contributed by atoms with Gasteiger partial charge in [0.15, 0.2) is 0 Å². The van der Waals surface area contributed by atoms with E-state index in [0.29, 0.717) is 29.9 Å². The van der Waals surface area contributed by atoms with Crippen molar-refractivity contribution in [2.75, 3.05) is 7.05 Å². The summed E-state index contributed by atoms with van der Waals surface area (Å²) in [6.07, 6.45) is 7.84. The van der Waals surface area contributed by atoms with Crippen LogP contribution in [0.25, 0.3) is 0 Å². The molecule has 3 fully saturated rings. The Morgan fingerprint density at radius 1 is 1.19 bits per heavy atom. The number of carbonyl (C=O) groups is 1. The summed E-state index contributed by atoms with van der Waals surface area (Å²) in [6.45, 7) is 0. The zero-order valence-electron chi connectivity index (χ0n) is 15.5. The number of carbonyl (C=O) groups excluding carboxylic acids is 1. The maximum atomic E-state index is 13.3. The third-order valence-corrected chi connectivity index (χ3v) is 7.17. The predicted octanol–water partition coefficient (Wildman–Crippen LogP) is 3.47. The SMILES string of the molecule is CN1C2CCC1CC(NC(=O)[C@@H](c1ccc(Cl)cc1)C1(O)CCCC1)C2. The van der Waals surface area contributed by atoms with Crippen LogP contribution in [0.2, 0.25) is 5.02 Å². The van der Waals surface area contributed by atoms with Gasteiger partial charge in [0.05, 0.1) is 11.5 Å².